The van der Waals surface area contributed by atoms with Crippen LogP contribution in [0.5, 0.6) is 0 Å². The first-order chi connectivity index (χ1) is 22.2. The van der Waals surface area contributed by atoms with Gasteiger partial charge in [-0.1, -0.05) is 84.4 Å². The first-order valence-corrected chi connectivity index (χ1v) is 15.6. The number of thioether (sulfide) groups is 1. The highest BCUT2D eigenvalue weighted by Gasteiger charge is 2.17. The van der Waals surface area contributed by atoms with Crippen LogP contribution >= 0.6 is 23.4 Å². The molecule has 0 aliphatic heterocycles. The van der Waals surface area contributed by atoms with Gasteiger partial charge in [0.1, 0.15) is 11.5 Å². The normalized spacial score (nSPS) is 11.8. The summed E-state index contributed by atoms with van der Waals surface area (Å²) < 4.78 is 13.4. The molecule has 0 aromatic heterocycles. The number of nitrogens with one attached hydrogen (secondary N) is 3. The van der Waals surface area contributed by atoms with Gasteiger partial charge in [0, 0.05) is 21.8 Å². The van der Waals surface area contributed by atoms with E-state index < -0.39 is 22.9 Å². The summed E-state index contributed by atoms with van der Waals surface area (Å²) in [5.74, 6) is -1.74. The van der Waals surface area contributed by atoms with Gasteiger partial charge in [0.2, 0.25) is 5.91 Å². The molecule has 0 bridgehead atoms. The topological polar surface area (TPSA) is 87.3 Å². The smallest absolute Gasteiger partial charge is 0.272 e. The Morgan fingerprint density at radius 2 is 1.35 bits per heavy atom. The second kappa shape index (κ2) is 15.2. The van der Waals surface area contributed by atoms with E-state index >= 15 is 0 Å². The van der Waals surface area contributed by atoms with E-state index in [1.54, 1.807) is 61.5 Å². The number of rotatable bonds is 10. The Hall–Kier alpha value is -5.18. The zero-order chi connectivity index (χ0) is 32.5. The van der Waals surface area contributed by atoms with E-state index in [2.05, 4.69) is 16.0 Å². The maximum atomic E-state index is 13.5. The molecule has 0 heterocycles. The van der Waals surface area contributed by atoms with Gasteiger partial charge in [-0.25, -0.2) is 4.39 Å². The van der Waals surface area contributed by atoms with Gasteiger partial charge in [0.15, 0.2) is 0 Å². The van der Waals surface area contributed by atoms with Crippen LogP contribution in [0.1, 0.15) is 22.8 Å². The Bertz CT molecular complexity index is 1870. The van der Waals surface area contributed by atoms with Crippen molar-refractivity contribution in [2.24, 2.45) is 0 Å². The molecule has 0 fully saturated rings. The molecular weight excluding hydrogens is 621 g/mol. The number of anilines is 2. The van der Waals surface area contributed by atoms with Crippen molar-refractivity contribution in [3.8, 4) is 11.1 Å². The van der Waals surface area contributed by atoms with Crippen LogP contribution in [0.15, 0.2) is 138 Å². The number of amides is 3. The van der Waals surface area contributed by atoms with Crippen molar-refractivity contribution in [3.63, 3.8) is 0 Å². The number of hydrogen-bond acceptors (Lipinski definition) is 4. The first kappa shape index (κ1) is 32.2. The van der Waals surface area contributed by atoms with Crippen molar-refractivity contribution in [1.29, 1.82) is 0 Å². The van der Waals surface area contributed by atoms with E-state index in [0.717, 1.165) is 21.6 Å². The van der Waals surface area contributed by atoms with Crippen molar-refractivity contribution in [3.05, 3.63) is 155 Å². The van der Waals surface area contributed by atoms with E-state index in [9.17, 15) is 18.8 Å². The quantitative estimate of drug-likeness (QED) is 0.104. The molecule has 0 saturated carbocycles. The van der Waals surface area contributed by atoms with Crippen LogP contribution in [0, 0.1) is 5.82 Å². The molecule has 0 radical (unpaired) electrons. The molecule has 0 saturated heterocycles. The number of carbonyl (C=O) groups excluding carboxylic acids is 3. The largest absolute Gasteiger partial charge is 0.325 e. The molecule has 6 nitrogen and oxygen atoms in total. The van der Waals surface area contributed by atoms with Crippen molar-refractivity contribution >= 4 is 58.5 Å². The van der Waals surface area contributed by atoms with Gasteiger partial charge in [-0.15, -0.1) is 11.8 Å². The van der Waals surface area contributed by atoms with E-state index in [-0.39, 0.29) is 16.6 Å². The molecular formula is C37H29ClFN3O3S. The number of carbonyl (C=O) groups is 3. The van der Waals surface area contributed by atoms with Gasteiger partial charge in [-0.05, 0) is 84.3 Å². The molecule has 0 spiro atoms. The highest BCUT2D eigenvalue weighted by atomic mass is 35.5. The van der Waals surface area contributed by atoms with Gasteiger partial charge in [-0.3, -0.25) is 14.4 Å². The lowest BCUT2D eigenvalue weighted by Crippen LogP contribution is -2.30. The number of benzene rings is 5. The van der Waals surface area contributed by atoms with Crippen LogP contribution in [-0.2, 0) is 9.59 Å². The molecule has 5 aromatic rings. The predicted octanol–water partition coefficient (Wildman–Crippen LogP) is 8.68. The van der Waals surface area contributed by atoms with Gasteiger partial charge in [0.25, 0.3) is 11.8 Å². The Labute approximate surface area is 275 Å². The molecule has 1 atom stereocenters. The Morgan fingerprint density at radius 3 is 2.00 bits per heavy atom. The predicted molar refractivity (Wildman–Crippen MR) is 184 cm³/mol. The minimum Gasteiger partial charge on any atom is -0.325 e. The van der Waals surface area contributed by atoms with Crippen molar-refractivity contribution in [2.75, 3.05) is 10.6 Å². The van der Waals surface area contributed by atoms with Crippen LogP contribution in [-0.4, -0.2) is 23.0 Å². The minimum atomic E-state index is -0.562. The lowest BCUT2D eigenvalue weighted by atomic mass is 10.0. The summed E-state index contributed by atoms with van der Waals surface area (Å²) in [5, 5.41) is 7.79. The van der Waals surface area contributed by atoms with Crippen LogP contribution in [0.2, 0.25) is 5.02 Å². The summed E-state index contributed by atoms with van der Waals surface area (Å²) in [5.41, 5.74) is 4.24. The molecule has 230 valence electrons. The van der Waals surface area contributed by atoms with Gasteiger partial charge >= 0.3 is 0 Å². The highest BCUT2D eigenvalue weighted by Crippen LogP contribution is 2.27. The summed E-state index contributed by atoms with van der Waals surface area (Å²) in [6.07, 6.45) is 1.63. The molecule has 3 N–H and O–H groups in total. The van der Waals surface area contributed by atoms with Crippen LogP contribution in [0.25, 0.3) is 17.2 Å². The fraction of sp³-hybridized carbons (Fsp3) is 0.0541. The molecule has 5 aromatic carbocycles. The molecule has 0 aliphatic carbocycles. The number of hydrogen-bond donors (Lipinski definition) is 3. The second-order valence-corrected chi connectivity index (χ2v) is 12.0. The monoisotopic (exact) mass is 649 g/mol. The maximum absolute atomic E-state index is 13.5. The first-order valence-electron chi connectivity index (χ1n) is 14.3. The van der Waals surface area contributed by atoms with Crippen LogP contribution < -0.4 is 16.0 Å². The van der Waals surface area contributed by atoms with Crippen molar-refractivity contribution in [2.45, 2.75) is 17.1 Å². The van der Waals surface area contributed by atoms with Crippen LogP contribution in [0.3, 0.4) is 0 Å². The van der Waals surface area contributed by atoms with Crippen LogP contribution in [0.4, 0.5) is 15.8 Å². The lowest BCUT2D eigenvalue weighted by molar-refractivity contribution is -0.115. The van der Waals surface area contributed by atoms with Gasteiger partial charge < -0.3 is 16.0 Å². The zero-order valence-corrected chi connectivity index (χ0v) is 26.2. The maximum Gasteiger partial charge on any atom is 0.272 e. The molecule has 1 unspecified atom stereocenters. The number of halogens is 2. The fourth-order valence-electron chi connectivity index (χ4n) is 4.40. The average Bonchev–Trinajstić information content (AvgIpc) is 3.08. The third kappa shape index (κ3) is 8.72. The molecule has 3 amide bonds. The Balaban J connectivity index is 1.27. The third-order valence-electron chi connectivity index (χ3n) is 6.84. The average molecular weight is 650 g/mol. The molecule has 0 aliphatic rings. The van der Waals surface area contributed by atoms with Gasteiger partial charge in [-0.2, -0.15) is 0 Å². The molecule has 46 heavy (non-hydrogen) atoms. The van der Waals surface area contributed by atoms with E-state index in [0.29, 0.717) is 16.9 Å². The fourth-order valence-corrected chi connectivity index (χ4v) is 5.45. The summed E-state index contributed by atoms with van der Waals surface area (Å²) in [4.78, 5) is 39.9. The molecule has 5 rings (SSSR count). The Kier molecular flexibility index (Phi) is 10.7. The summed E-state index contributed by atoms with van der Waals surface area (Å²) in [6.45, 7) is 1.75. The third-order valence-corrected chi connectivity index (χ3v) is 8.24. The summed E-state index contributed by atoms with van der Waals surface area (Å²) in [6, 6.07) is 37.3. The van der Waals surface area contributed by atoms with E-state index in [1.165, 1.54) is 30.0 Å². The van der Waals surface area contributed by atoms with E-state index in [4.69, 9.17) is 11.6 Å². The minimum absolute atomic E-state index is 0.0747. The standard InChI is InChI=1S/C37H29ClFN3O3S/c1-24(35(43)41-30-18-21-33(39)32(38)23-30)46-31-19-16-29(17-20-31)40-37(45)34(42-36(44)28-10-6-3-7-11-28)22-25-12-14-27(15-13-25)26-8-4-2-5-9-26/h2-24H,1H3,(H,40,45)(H,41,43)(H,42,44)/b34-22-. The highest BCUT2D eigenvalue weighted by molar-refractivity contribution is 8.00. The molecule has 9 heteroatoms. The Morgan fingerprint density at radius 1 is 0.739 bits per heavy atom. The second-order valence-electron chi connectivity index (χ2n) is 10.2. The van der Waals surface area contributed by atoms with E-state index in [1.807, 2.05) is 60.7 Å². The lowest BCUT2D eigenvalue weighted by Gasteiger charge is -2.14. The van der Waals surface area contributed by atoms with Crippen molar-refractivity contribution in [1.82, 2.24) is 5.32 Å². The van der Waals surface area contributed by atoms with Crippen molar-refractivity contribution < 1.29 is 18.8 Å². The van der Waals surface area contributed by atoms with Gasteiger partial charge in [0.05, 0.1) is 10.3 Å². The zero-order valence-electron chi connectivity index (χ0n) is 24.7. The summed E-state index contributed by atoms with van der Waals surface area (Å²) >= 11 is 7.13. The summed E-state index contributed by atoms with van der Waals surface area (Å²) in [7, 11) is 0. The SMILES string of the molecule is CC(Sc1ccc(NC(=O)/C(=C/c2ccc(-c3ccccc3)cc2)NC(=O)c2ccccc2)cc1)C(=O)Nc1ccc(F)c(Cl)c1.